The number of rotatable bonds is 3. The van der Waals surface area contributed by atoms with Crippen LogP contribution in [0.3, 0.4) is 0 Å². The van der Waals surface area contributed by atoms with Crippen molar-refractivity contribution in [3.63, 3.8) is 0 Å². The van der Waals surface area contributed by atoms with E-state index in [1.54, 1.807) is 23.0 Å². The van der Waals surface area contributed by atoms with Crippen LogP contribution >= 0.6 is 0 Å². The highest BCUT2D eigenvalue weighted by Gasteiger charge is 2.25. The van der Waals surface area contributed by atoms with Crippen LogP contribution in [0.25, 0.3) is 5.65 Å². The van der Waals surface area contributed by atoms with Crippen LogP contribution < -0.4 is 0 Å². The number of imidazole rings is 1. The lowest BCUT2D eigenvalue weighted by molar-refractivity contribution is 0.0736. The Labute approximate surface area is 151 Å². The highest BCUT2D eigenvalue weighted by Crippen LogP contribution is 2.16. The van der Waals surface area contributed by atoms with Crippen molar-refractivity contribution >= 4 is 11.6 Å². The van der Waals surface area contributed by atoms with Crippen LogP contribution in [-0.4, -0.2) is 56.7 Å². The summed E-state index contributed by atoms with van der Waals surface area (Å²) in [7, 11) is 0. The van der Waals surface area contributed by atoms with Crippen LogP contribution in [0, 0.1) is 12.8 Å². The Bertz CT molecular complexity index is 923. The smallest absolute Gasteiger partial charge is 0.255 e. The van der Waals surface area contributed by atoms with Gasteiger partial charge in [-0.05, 0) is 37.6 Å². The van der Waals surface area contributed by atoms with Crippen molar-refractivity contribution in [1.82, 2.24) is 24.5 Å². The van der Waals surface area contributed by atoms with Crippen molar-refractivity contribution in [1.29, 1.82) is 0 Å². The van der Waals surface area contributed by atoms with Gasteiger partial charge in [0.15, 0.2) is 5.65 Å². The highest BCUT2D eigenvalue weighted by molar-refractivity contribution is 5.95. The molecule has 0 bridgehead atoms. The van der Waals surface area contributed by atoms with Crippen molar-refractivity contribution in [2.75, 3.05) is 26.3 Å². The predicted octanol–water partition coefficient (Wildman–Crippen LogP) is 1.76. The Morgan fingerprint density at radius 1 is 1.27 bits per heavy atom. The molecule has 0 aliphatic carbocycles. The number of pyridine rings is 1. The molecule has 7 nitrogen and oxygen atoms in total. The number of aryl methyl sites for hydroxylation is 1. The summed E-state index contributed by atoms with van der Waals surface area (Å²) in [6, 6.07) is 7.59. The van der Waals surface area contributed by atoms with Crippen molar-refractivity contribution in [2.45, 2.75) is 13.3 Å². The fourth-order valence-corrected chi connectivity index (χ4v) is 3.33. The first kappa shape index (κ1) is 16.7. The minimum absolute atomic E-state index is 0.0177. The first-order valence-electron chi connectivity index (χ1n) is 8.78. The van der Waals surface area contributed by atoms with E-state index in [9.17, 15) is 4.79 Å². The van der Waals surface area contributed by atoms with Gasteiger partial charge in [-0.3, -0.25) is 9.78 Å². The lowest BCUT2D eigenvalue weighted by atomic mass is 10.0. The number of nitrogens with zero attached hydrogens (tertiary/aromatic N) is 5. The highest BCUT2D eigenvalue weighted by atomic mass is 16.5. The van der Waals surface area contributed by atoms with Gasteiger partial charge >= 0.3 is 0 Å². The Morgan fingerprint density at radius 2 is 2.19 bits per heavy atom. The van der Waals surface area contributed by atoms with Gasteiger partial charge in [0.25, 0.3) is 5.91 Å². The SMILES string of the molecule is Cc1ncccc1C(=O)N1CCOC[C@H](Cc2ccc3nccn3n2)C1. The Balaban J connectivity index is 1.50. The average Bonchev–Trinajstić information content (AvgIpc) is 2.99. The molecule has 0 aromatic carbocycles. The maximum atomic E-state index is 12.9. The summed E-state index contributed by atoms with van der Waals surface area (Å²) in [5.74, 6) is 0.219. The van der Waals surface area contributed by atoms with E-state index in [2.05, 4.69) is 15.1 Å². The quantitative estimate of drug-likeness (QED) is 0.719. The molecule has 1 saturated heterocycles. The second-order valence-corrected chi connectivity index (χ2v) is 6.59. The number of hydrogen-bond acceptors (Lipinski definition) is 5. The summed E-state index contributed by atoms with van der Waals surface area (Å²) in [5, 5.41) is 4.59. The summed E-state index contributed by atoms with van der Waals surface area (Å²) in [5.41, 5.74) is 3.21. The Kier molecular flexibility index (Phi) is 4.62. The molecule has 0 radical (unpaired) electrons. The van der Waals surface area contributed by atoms with E-state index in [0.717, 1.165) is 23.5 Å². The van der Waals surface area contributed by atoms with Crippen LogP contribution in [0.5, 0.6) is 0 Å². The summed E-state index contributed by atoms with van der Waals surface area (Å²) in [6.07, 6.45) is 6.03. The third-order valence-electron chi connectivity index (χ3n) is 4.67. The summed E-state index contributed by atoms with van der Waals surface area (Å²) in [4.78, 5) is 23.2. The average molecular weight is 351 g/mol. The Morgan fingerprint density at radius 3 is 3.08 bits per heavy atom. The molecule has 3 aromatic rings. The molecule has 3 aromatic heterocycles. The van der Waals surface area contributed by atoms with E-state index in [1.165, 1.54) is 0 Å². The van der Waals surface area contributed by atoms with E-state index < -0.39 is 0 Å². The Hall–Kier alpha value is -2.80. The molecule has 1 atom stereocenters. The van der Waals surface area contributed by atoms with Crippen LogP contribution in [0.1, 0.15) is 21.7 Å². The standard InChI is InChI=1S/C19H21N5O2/c1-14-17(3-2-6-20-14)19(25)23-9-10-26-13-15(12-23)11-16-4-5-18-21-7-8-24(18)22-16/h2-8,15H,9-13H2,1H3/t15-/m1/s1. The topological polar surface area (TPSA) is 72.6 Å². The lowest BCUT2D eigenvalue weighted by Gasteiger charge is -2.24. The monoisotopic (exact) mass is 351 g/mol. The first-order chi connectivity index (χ1) is 12.7. The molecule has 134 valence electrons. The van der Waals surface area contributed by atoms with Gasteiger partial charge in [0.1, 0.15) is 0 Å². The van der Waals surface area contributed by atoms with Crippen LogP contribution in [0.15, 0.2) is 42.9 Å². The van der Waals surface area contributed by atoms with E-state index in [1.807, 2.05) is 36.2 Å². The van der Waals surface area contributed by atoms with Gasteiger partial charge < -0.3 is 9.64 Å². The minimum Gasteiger partial charge on any atom is -0.379 e. The van der Waals surface area contributed by atoms with Gasteiger partial charge in [-0.2, -0.15) is 5.10 Å². The van der Waals surface area contributed by atoms with Crippen molar-refractivity contribution in [2.24, 2.45) is 5.92 Å². The number of aromatic nitrogens is 4. The molecule has 7 heteroatoms. The van der Waals surface area contributed by atoms with E-state index >= 15 is 0 Å². The van der Waals surface area contributed by atoms with Gasteiger partial charge in [-0.15, -0.1) is 0 Å². The summed E-state index contributed by atoms with van der Waals surface area (Å²) in [6.45, 7) is 4.28. The molecule has 4 rings (SSSR count). The van der Waals surface area contributed by atoms with E-state index in [0.29, 0.717) is 31.9 Å². The van der Waals surface area contributed by atoms with Crippen molar-refractivity contribution in [3.05, 3.63) is 59.8 Å². The molecule has 1 aliphatic rings. The molecule has 1 aliphatic heterocycles. The number of fused-ring (bicyclic) bond motifs is 1. The predicted molar refractivity (Wildman–Crippen MR) is 95.9 cm³/mol. The van der Waals surface area contributed by atoms with Gasteiger partial charge in [-0.1, -0.05) is 0 Å². The third kappa shape index (κ3) is 3.43. The molecule has 0 saturated carbocycles. The lowest BCUT2D eigenvalue weighted by Crippen LogP contribution is -2.37. The molecule has 0 unspecified atom stereocenters. The molecule has 0 spiro atoms. The molecule has 1 amide bonds. The summed E-state index contributed by atoms with van der Waals surface area (Å²) >= 11 is 0. The molecule has 26 heavy (non-hydrogen) atoms. The third-order valence-corrected chi connectivity index (χ3v) is 4.67. The zero-order chi connectivity index (χ0) is 17.9. The van der Waals surface area contributed by atoms with Gasteiger partial charge in [0, 0.05) is 43.3 Å². The molecule has 0 N–H and O–H groups in total. The molecular weight excluding hydrogens is 330 g/mol. The van der Waals surface area contributed by atoms with Crippen LogP contribution in [-0.2, 0) is 11.2 Å². The first-order valence-corrected chi connectivity index (χ1v) is 8.78. The fourth-order valence-electron chi connectivity index (χ4n) is 3.33. The molecule has 1 fully saturated rings. The number of ether oxygens (including phenoxy) is 1. The van der Waals surface area contributed by atoms with Crippen molar-refractivity contribution < 1.29 is 9.53 Å². The van der Waals surface area contributed by atoms with Crippen LogP contribution in [0.2, 0.25) is 0 Å². The van der Waals surface area contributed by atoms with Crippen LogP contribution in [0.4, 0.5) is 0 Å². The number of carbonyl (C=O) groups is 1. The largest absolute Gasteiger partial charge is 0.379 e. The normalized spacial score (nSPS) is 18.0. The second kappa shape index (κ2) is 7.21. The minimum atomic E-state index is 0.0177. The van der Waals surface area contributed by atoms with E-state index in [4.69, 9.17) is 4.74 Å². The maximum absolute atomic E-state index is 12.9. The zero-order valence-corrected chi connectivity index (χ0v) is 14.7. The van der Waals surface area contributed by atoms with Crippen molar-refractivity contribution in [3.8, 4) is 0 Å². The number of amides is 1. The van der Waals surface area contributed by atoms with Gasteiger partial charge in [0.05, 0.1) is 24.5 Å². The number of carbonyl (C=O) groups excluding carboxylic acids is 1. The van der Waals surface area contributed by atoms with Gasteiger partial charge in [-0.25, -0.2) is 9.50 Å². The zero-order valence-electron chi connectivity index (χ0n) is 14.7. The molecule has 4 heterocycles. The number of hydrogen-bond donors (Lipinski definition) is 0. The fraction of sp³-hybridized carbons (Fsp3) is 0.368. The van der Waals surface area contributed by atoms with E-state index in [-0.39, 0.29) is 11.8 Å². The summed E-state index contributed by atoms with van der Waals surface area (Å²) < 4.78 is 7.51. The van der Waals surface area contributed by atoms with Gasteiger partial charge in [0.2, 0.25) is 0 Å². The second-order valence-electron chi connectivity index (χ2n) is 6.59. The maximum Gasteiger partial charge on any atom is 0.255 e. The molecular formula is C19H21N5O2.